The SMILES string of the molecule is O=C1CCCN(CC2CCCc3ccccc32)C1. The minimum Gasteiger partial charge on any atom is -0.298 e. The van der Waals surface area contributed by atoms with E-state index in [1.165, 1.54) is 30.4 Å². The number of rotatable bonds is 2. The molecule has 1 heterocycles. The van der Waals surface area contributed by atoms with Gasteiger partial charge in [-0.15, -0.1) is 0 Å². The topological polar surface area (TPSA) is 20.3 Å². The molecule has 96 valence electrons. The Hall–Kier alpha value is -1.15. The molecule has 0 radical (unpaired) electrons. The Labute approximate surface area is 109 Å². The fourth-order valence-corrected chi connectivity index (χ4v) is 3.42. The number of hydrogen-bond acceptors (Lipinski definition) is 2. The Kier molecular flexibility index (Phi) is 3.46. The zero-order chi connectivity index (χ0) is 12.4. The summed E-state index contributed by atoms with van der Waals surface area (Å²) < 4.78 is 0. The first-order chi connectivity index (χ1) is 8.83. The second-order valence-electron chi connectivity index (χ2n) is 5.67. The van der Waals surface area contributed by atoms with Crippen molar-refractivity contribution in [3.05, 3.63) is 35.4 Å². The van der Waals surface area contributed by atoms with Crippen LogP contribution in [0.25, 0.3) is 0 Å². The lowest BCUT2D eigenvalue weighted by molar-refractivity contribution is -0.122. The zero-order valence-corrected chi connectivity index (χ0v) is 10.9. The van der Waals surface area contributed by atoms with E-state index in [1.54, 1.807) is 0 Å². The van der Waals surface area contributed by atoms with Crippen molar-refractivity contribution in [3.63, 3.8) is 0 Å². The predicted octanol–water partition coefficient (Wildman–Crippen LogP) is 2.77. The van der Waals surface area contributed by atoms with E-state index in [0.29, 0.717) is 18.2 Å². The molecule has 2 aliphatic rings. The highest BCUT2D eigenvalue weighted by Gasteiger charge is 2.24. The number of benzene rings is 1. The zero-order valence-electron chi connectivity index (χ0n) is 10.9. The summed E-state index contributed by atoms with van der Waals surface area (Å²) in [5, 5.41) is 0. The van der Waals surface area contributed by atoms with Crippen LogP contribution in [0.4, 0.5) is 0 Å². The second-order valence-corrected chi connectivity index (χ2v) is 5.67. The quantitative estimate of drug-likeness (QED) is 0.796. The van der Waals surface area contributed by atoms with Crippen LogP contribution < -0.4 is 0 Å². The number of carbonyl (C=O) groups is 1. The smallest absolute Gasteiger partial charge is 0.146 e. The van der Waals surface area contributed by atoms with Gasteiger partial charge in [0.1, 0.15) is 5.78 Å². The third-order valence-electron chi connectivity index (χ3n) is 4.30. The van der Waals surface area contributed by atoms with Gasteiger partial charge in [0, 0.05) is 13.0 Å². The van der Waals surface area contributed by atoms with Crippen LogP contribution in [0.2, 0.25) is 0 Å². The Morgan fingerprint density at radius 2 is 2.06 bits per heavy atom. The van der Waals surface area contributed by atoms with E-state index in [1.807, 2.05) is 0 Å². The molecule has 2 heteroatoms. The standard InChI is InChI=1S/C16H21NO/c18-15-8-4-10-17(12-15)11-14-7-3-6-13-5-1-2-9-16(13)14/h1-2,5,9,14H,3-4,6-8,10-12H2. The van der Waals surface area contributed by atoms with Crippen molar-refractivity contribution < 1.29 is 4.79 Å². The normalized spacial score (nSPS) is 24.9. The van der Waals surface area contributed by atoms with Crippen LogP contribution in [0.1, 0.15) is 42.7 Å². The number of fused-ring (bicyclic) bond motifs is 1. The number of Topliss-reactive ketones (excluding diaryl/α,β-unsaturated/α-hetero) is 1. The van der Waals surface area contributed by atoms with Crippen molar-refractivity contribution >= 4 is 5.78 Å². The van der Waals surface area contributed by atoms with Crippen molar-refractivity contribution in [2.75, 3.05) is 19.6 Å². The van der Waals surface area contributed by atoms with E-state index in [0.717, 1.165) is 25.9 Å². The van der Waals surface area contributed by atoms with Gasteiger partial charge in [-0.2, -0.15) is 0 Å². The average molecular weight is 243 g/mol. The maximum atomic E-state index is 11.5. The molecule has 3 rings (SSSR count). The summed E-state index contributed by atoms with van der Waals surface area (Å²) in [6, 6.07) is 8.85. The highest BCUT2D eigenvalue weighted by molar-refractivity contribution is 5.81. The maximum absolute atomic E-state index is 11.5. The van der Waals surface area contributed by atoms with Gasteiger partial charge in [0.25, 0.3) is 0 Å². The van der Waals surface area contributed by atoms with Crippen LogP contribution in [0.5, 0.6) is 0 Å². The van der Waals surface area contributed by atoms with Gasteiger partial charge < -0.3 is 0 Å². The van der Waals surface area contributed by atoms with Gasteiger partial charge >= 0.3 is 0 Å². The second kappa shape index (κ2) is 5.23. The van der Waals surface area contributed by atoms with Gasteiger partial charge in [0.05, 0.1) is 6.54 Å². The molecule has 1 aromatic carbocycles. The van der Waals surface area contributed by atoms with Gasteiger partial charge in [-0.25, -0.2) is 0 Å². The van der Waals surface area contributed by atoms with Crippen molar-refractivity contribution in [1.29, 1.82) is 0 Å². The summed E-state index contributed by atoms with van der Waals surface area (Å²) >= 11 is 0. The van der Waals surface area contributed by atoms with Gasteiger partial charge in [0.2, 0.25) is 0 Å². The molecule has 1 aliphatic carbocycles. The molecule has 0 aromatic heterocycles. The minimum atomic E-state index is 0.422. The van der Waals surface area contributed by atoms with Crippen LogP contribution in [0, 0.1) is 0 Å². The molecule has 1 atom stereocenters. The van der Waals surface area contributed by atoms with Gasteiger partial charge in [-0.3, -0.25) is 9.69 Å². The summed E-state index contributed by atoms with van der Waals surface area (Å²) in [7, 11) is 0. The Balaban J connectivity index is 1.72. The number of carbonyl (C=O) groups excluding carboxylic acids is 1. The number of hydrogen-bond donors (Lipinski definition) is 0. The van der Waals surface area contributed by atoms with E-state index >= 15 is 0 Å². The van der Waals surface area contributed by atoms with E-state index in [2.05, 4.69) is 29.2 Å². The van der Waals surface area contributed by atoms with Crippen LogP contribution in [0.15, 0.2) is 24.3 Å². The molecule has 1 saturated heterocycles. The molecule has 1 fully saturated rings. The molecule has 0 N–H and O–H groups in total. The van der Waals surface area contributed by atoms with Gasteiger partial charge in [-0.05, 0) is 49.3 Å². The summed E-state index contributed by atoms with van der Waals surface area (Å²) in [4.78, 5) is 13.9. The number of piperidine rings is 1. The summed E-state index contributed by atoms with van der Waals surface area (Å²) in [5.41, 5.74) is 3.05. The molecule has 1 aromatic rings. The lowest BCUT2D eigenvalue weighted by Crippen LogP contribution is -2.38. The molecule has 0 spiro atoms. The monoisotopic (exact) mass is 243 g/mol. The average Bonchev–Trinajstić information content (AvgIpc) is 2.39. The number of aryl methyl sites for hydroxylation is 1. The van der Waals surface area contributed by atoms with Crippen LogP contribution >= 0.6 is 0 Å². The molecule has 1 unspecified atom stereocenters. The lowest BCUT2D eigenvalue weighted by atomic mass is 9.82. The summed E-state index contributed by atoms with van der Waals surface area (Å²) in [5.74, 6) is 1.06. The fraction of sp³-hybridized carbons (Fsp3) is 0.562. The van der Waals surface area contributed by atoms with Crippen LogP contribution in [0.3, 0.4) is 0 Å². The molecule has 0 amide bonds. The van der Waals surface area contributed by atoms with Crippen molar-refractivity contribution in [2.45, 2.75) is 38.0 Å². The lowest BCUT2D eigenvalue weighted by Gasteiger charge is -2.32. The van der Waals surface area contributed by atoms with E-state index in [4.69, 9.17) is 0 Å². The third kappa shape index (κ3) is 2.49. The van der Waals surface area contributed by atoms with Crippen molar-refractivity contribution in [1.82, 2.24) is 4.90 Å². The molecule has 2 nitrogen and oxygen atoms in total. The first kappa shape index (κ1) is 11.9. The number of nitrogens with zero attached hydrogens (tertiary/aromatic N) is 1. The van der Waals surface area contributed by atoms with E-state index < -0.39 is 0 Å². The first-order valence-corrected chi connectivity index (χ1v) is 7.15. The summed E-state index contributed by atoms with van der Waals surface area (Å²) in [6.45, 7) is 2.85. The van der Waals surface area contributed by atoms with Crippen LogP contribution in [-0.2, 0) is 11.2 Å². The fourth-order valence-electron chi connectivity index (χ4n) is 3.42. The number of ketones is 1. The third-order valence-corrected chi connectivity index (χ3v) is 4.30. The van der Waals surface area contributed by atoms with Crippen LogP contribution in [-0.4, -0.2) is 30.3 Å². The molecule has 18 heavy (non-hydrogen) atoms. The molecule has 0 saturated carbocycles. The van der Waals surface area contributed by atoms with E-state index in [9.17, 15) is 4.79 Å². The Morgan fingerprint density at radius 1 is 1.17 bits per heavy atom. The molecular weight excluding hydrogens is 222 g/mol. The Bertz CT molecular complexity index is 440. The predicted molar refractivity (Wildman–Crippen MR) is 72.8 cm³/mol. The molecule has 0 bridgehead atoms. The number of likely N-dealkylation sites (tertiary alicyclic amines) is 1. The minimum absolute atomic E-state index is 0.422. The first-order valence-electron chi connectivity index (χ1n) is 7.15. The molecular formula is C16H21NO. The van der Waals surface area contributed by atoms with Gasteiger partial charge in [0.15, 0.2) is 0 Å². The maximum Gasteiger partial charge on any atom is 0.146 e. The van der Waals surface area contributed by atoms with Gasteiger partial charge in [-0.1, -0.05) is 24.3 Å². The Morgan fingerprint density at radius 3 is 2.94 bits per heavy atom. The van der Waals surface area contributed by atoms with E-state index in [-0.39, 0.29) is 0 Å². The molecule has 1 aliphatic heterocycles. The summed E-state index contributed by atoms with van der Waals surface area (Å²) in [6.07, 6.45) is 5.64. The van der Waals surface area contributed by atoms with Crippen molar-refractivity contribution in [2.24, 2.45) is 0 Å². The highest BCUT2D eigenvalue weighted by Crippen LogP contribution is 2.32. The van der Waals surface area contributed by atoms with Crippen molar-refractivity contribution in [3.8, 4) is 0 Å². The highest BCUT2D eigenvalue weighted by atomic mass is 16.1. The largest absolute Gasteiger partial charge is 0.298 e.